The fourth-order valence-corrected chi connectivity index (χ4v) is 8.81. The van der Waals surface area contributed by atoms with Gasteiger partial charge in [-0.1, -0.05) is 74.5 Å². The molecule has 11 rings (SSSR count). The first-order chi connectivity index (χ1) is 27.3. The van der Waals surface area contributed by atoms with Gasteiger partial charge in [0.25, 0.3) is 0 Å². The van der Waals surface area contributed by atoms with Crippen LogP contribution in [0.4, 0.5) is 10.5 Å². The van der Waals surface area contributed by atoms with Gasteiger partial charge in [-0.3, -0.25) is 4.79 Å². The number of hydrogen-bond acceptors (Lipinski definition) is 10. The van der Waals surface area contributed by atoms with E-state index < -0.39 is 35.7 Å². The minimum absolute atomic E-state index is 0.0509. The molecule has 10 bridgehead atoms. The molecule has 1 unspecified atom stereocenters. The fraction of sp³-hybridized carbons (Fsp3) is 0.209. The number of carbonyl (C=O) groups is 2. The van der Waals surface area contributed by atoms with Gasteiger partial charge in [0.05, 0.1) is 11.7 Å². The number of anilines is 1. The molecule has 0 aliphatic carbocycles. The van der Waals surface area contributed by atoms with Gasteiger partial charge in [-0.15, -0.1) is 0 Å². The maximum Gasteiger partial charge on any atom is 0.408 e. The van der Waals surface area contributed by atoms with Crippen LogP contribution in [0.1, 0.15) is 53.8 Å². The highest BCUT2D eigenvalue weighted by Crippen LogP contribution is 2.61. The van der Waals surface area contributed by atoms with Crippen LogP contribution in [0, 0.1) is 5.92 Å². The number of nitrogens with zero attached hydrogens (tertiary/aromatic N) is 2. The van der Waals surface area contributed by atoms with Crippen molar-refractivity contribution in [2.45, 2.75) is 50.6 Å². The number of ether oxygens (including phenoxy) is 2. The van der Waals surface area contributed by atoms with Gasteiger partial charge >= 0.3 is 6.09 Å². The normalized spacial score (nSPS) is 21.0. The molecular weight excluding hydrogens is 713 g/mol. The van der Waals surface area contributed by atoms with Crippen molar-refractivity contribution in [2.24, 2.45) is 5.92 Å². The number of alkyl carbamates (subject to hydrolysis) is 1. The third-order valence-electron chi connectivity index (χ3n) is 11.4. The lowest BCUT2D eigenvalue weighted by atomic mass is 9.72. The van der Waals surface area contributed by atoms with E-state index in [2.05, 4.69) is 27.0 Å². The topological polar surface area (TPSA) is 177 Å². The van der Waals surface area contributed by atoms with Crippen LogP contribution in [0.15, 0.2) is 100 Å². The molecule has 13 heteroatoms. The lowest BCUT2D eigenvalue weighted by molar-refractivity contribution is -0.124. The number of carbonyl (C=O) groups excluding carboxylic acids is 2. The summed E-state index contributed by atoms with van der Waals surface area (Å²) < 4.78 is 26.0. The number of nitrogens with one attached hydrogen (secondary N) is 4. The highest BCUT2D eigenvalue weighted by atomic mass is 16.5. The maximum atomic E-state index is 14.3. The Morgan fingerprint density at radius 1 is 1.00 bits per heavy atom. The Kier molecular flexibility index (Phi) is 6.79. The second-order valence-electron chi connectivity index (χ2n) is 15.0. The number of aromatic hydroxyl groups is 1. The average molecular weight is 747 g/mol. The molecule has 56 heavy (non-hydrogen) atoms. The monoisotopic (exact) mass is 746 g/mol. The Morgan fingerprint density at radius 2 is 1.88 bits per heavy atom. The number of aromatic nitrogens is 3. The van der Waals surface area contributed by atoms with Crippen molar-refractivity contribution in [2.75, 3.05) is 5.32 Å². The third kappa shape index (κ3) is 4.54. The van der Waals surface area contributed by atoms with E-state index in [9.17, 15) is 14.7 Å². The summed E-state index contributed by atoms with van der Waals surface area (Å²) in [4.78, 5) is 40.6. The number of benzene rings is 4. The first-order valence-corrected chi connectivity index (χ1v) is 18.6. The summed E-state index contributed by atoms with van der Waals surface area (Å²) in [6, 6.07) is 23.1. The Labute approximate surface area is 319 Å². The first-order valence-electron chi connectivity index (χ1n) is 18.6. The smallest absolute Gasteiger partial charge is 0.408 e. The number of fused-ring (bicyclic) bond motifs is 7. The number of hydrogen-bond donors (Lipinski definition) is 5. The highest BCUT2D eigenvalue weighted by Gasteiger charge is 2.61. The zero-order valence-corrected chi connectivity index (χ0v) is 30.2. The van der Waals surface area contributed by atoms with Crippen molar-refractivity contribution >= 4 is 28.6 Å². The van der Waals surface area contributed by atoms with E-state index in [1.807, 2.05) is 80.6 Å². The zero-order chi connectivity index (χ0) is 37.9. The number of aromatic amines is 1. The molecule has 7 aromatic rings. The maximum absolute atomic E-state index is 14.3. The SMILES string of the molecule is CC(C)[C@@H]1NC(=O)[C@@H](NC(=O)OCc2ccccc2)Cc2ccc3c(c2)[C@]24c5cccc(c5NC2O3)-c2ccc(O)c3[nH]cc(c23)-c2cnc(o2)-c2nc1oc24. The van der Waals surface area contributed by atoms with Crippen LogP contribution in [-0.4, -0.2) is 44.3 Å². The van der Waals surface area contributed by atoms with E-state index in [1.165, 1.54) is 0 Å². The fourth-order valence-electron chi connectivity index (χ4n) is 8.81. The number of H-pyrrole nitrogens is 1. The molecule has 0 radical (unpaired) electrons. The lowest BCUT2D eigenvalue weighted by Gasteiger charge is -2.28. The summed E-state index contributed by atoms with van der Waals surface area (Å²) in [6.45, 7) is 3.98. The zero-order valence-electron chi connectivity index (χ0n) is 30.2. The van der Waals surface area contributed by atoms with Gasteiger partial charge in [0.15, 0.2) is 23.4 Å². The second-order valence-corrected chi connectivity index (χ2v) is 15.0. The van der Waals surface area contributed by atoms with E-state index in [0.29, 0.717) is 34.0 Å². The predicted octanol–water partition coefficient (Wildman–Crippen LogP) is 7.31. The largest absolute Gasteiger partial charge is 0.506 e. The second kappa shape index (κ2) is 11.7. The van der Waals surface area contributed by atoms with Crippen LogP contribution in [0.5, 0.6) is 11.5 Å². The van der Waals surface area contributed by atoms with Crippen LogP contribution in [-0.2, 0) is 28.0 Å². The molecule has 0 saturated carbocycles. The molecule has 4 atom stereocenters. The number of phenolic OH excluding ortho intramolecular Hbond substituents is 1. The minimum Gasteiger partial charge on any atom is -0.506 e. The van der Waals surface area contributed by atoms with E-state index in [-0.39, 0.29) is 36.5 Å². The number of rotatable bonds is 4. The summed E-state index contributed by atoms with van der Waals surface area (Å²) in [5, 5.41) is 21.4. The lowest BCUT2D eigenvalue weighted by Crippen LogP contribution is -2.49. The Morgan fingerprint density at radius 3 is 2.73 bits per heavy atom. The quantitative estimate of drug-likeness (QED) is 0.123. The number of oxazole rings is 2. The van der Waals surface area contributed by atoms with Crippen LogP contribution < -0.4 is 20.7 Å². The highest BCUT2D eigenvalue weighted by molar-refractivity contribution is 6.09. The van der Waals surface area contributed by atoms with E-state index in [1.54, 1.807) is 18.5 Å². The van der Waals surface area contributed by atoms with E-state index in [4.69, 9.17) is 28.3 Å². The van der Waals surface area contributed by atoms with Gasteiger partial charge in [-0.25, -0.2) is 14.8 Å². The number of phenols is 1. The molecule has 4 aliphatic heterocycles. The summed E-state index contributed by atoms with van der Waals surface area (Å²) in [6.07, 6.45) is 2.20. The molecule has 3 aromatic heterocycles. The van der Waals surface area contributed by atoms with Crippen molar-refractivity contribution in [3.05, 3.63) is 125 Å². The first kappa shape index (κ1) is 32.4. The molecular formula is C43H34N6O7. The molecule has 278 valence electrons. The molecule has 4 aliphatic rings. The average Bonchev–Trinajstić information content (AvgIpc) is 4.03. The van der Waals surface area contributed by atoms with E-state index in [0.717, 1.165) is 44.5 Å². The molecule has 0 saturated heterocycles. The molecule has 4 aromatic carbocycles. The summed E-state index contributed by atoms with van der Waals surface area (Å²) in [7, 11) is 0. The van der Waals surface area contributed by atoms with Crippen molar-refractivity contribution in [3.8, 4) is 45.5 Å². The Balaban J connectivity index is 1.14. The predicted molar refractivity (Wildman–Crippen MR) is 204 cm³/mol. The standard InChI is InChI=1S/C43H34N6O7/c1-20(2)33-40-48-36-37(56-40)43-26-10-6-9-24(23-12-13-29(50)35-32(23)25(17-44-35)31-18-45-39(36)54-31)34(26)49-41(43)55-30-14-11-22(15-27(30)43)16-28(38(51)47-33)46-42(52)53-19-21-7-4-3-5-8-21/h3-15,17-18,20,28,33,41,44,49-50H,16,19H2,1-2H3,(H,46,52)(H,47,51)/t28-,33-,41?,43-/m0/s1. The van der Waals surface area contributed by atoms with Crippen LogP contribution in [0.2, 0.25) is 0 Å². The molecule has 7 heterocycles. The molecule has 13 nitrogen and oxygen atoms in total. The van der Waals surface area contributed by atoms with Crippen LogP contribution >= 0.6 is 0 Å². The Hall–Kier alpha value is -7.02. The summed E-state index contributed by atoms with van der Waals surface area (Å²) in [5.74, 6) is 1.50. The molecule has 1 spiro atoms. The molecule has 5 N–H and O–H groups in total. The summed E-state index contributed by atoms with van der Waals surface area (Å²) in [5.41, 5.74) is 6.40. The van der Waals surface area contributed by atoms with Gasteiger partial charge in [0, 0.05) is 45.9 Å². The molecule has 2 amide bonds. The number of para-hydroxylation sites is 1. The van der Waals surface area contributed by atoms with Gasteiger partial charge in [0.2, 0.25) is 17.7 Å². The van der Waals surface area contributed by atoms with Crippen LogP contribution in [0.3, 0.4) is 0 Å². The van der Waals surface area contributed by atoms with Crippen molar-refractivity contribution < 1.29 is 33.0 Å². The van der Waals surface area contributed by atoms with Gasteiger partial charge in [-0.05, 0) is 40.8 Å². The Bertz CT molecular complexity index is 2770. The van der Waals surface area contributed by atoms with Crippen molar-refractivity contribution in [1.82, 2.24) is 25.6 Å². The third-order valence-corrected chi connectivity index (χ3v) is 11.4. The van der Waals surface area contributed by atoms with Gasteiger partial charge in [0.1, 0.15) is 35.6 Å². The van der Waals surface area contributed by atoms with Crippen molar-refractivity contribution in [1.29, 1.82) is 0 Å². The van der Waals surface area contributed by atoms with Gasteiger partial charge < -0.3 is 44.3 Å². The van der Waals surface area contributed by atoms with Gasteiger partial charge in [-0.2, -0.15) is 0 Å². The van der Waals surface area contributed by atoms with E-state index >= 15 is 0 Å². The van der Waals surface area contributed by atoms with Crippen LogP contribution in [0.25, 0.3) is 44.9 Å². The van der Waals surface area contributed by atoms with Crippen molar-refractivity contribution in [3.63, 3.8) is 0 Å². The summed E-state index contributed by atoms with van der Waals surface area (Å²) >= 11 is 0. The molecule has 0 fully saturated rings. The number of amides is 2. The minimum atomic E-state index is -1.11.